The van der Waals surface area contributed by atoms with Crippen LogP contribution in [0.3, 0.4) is 0 Å². The molecule has 0 fully saturated rings. The topological polar surface area (TPSA) is 0 Å². The van der Waals surface area contributed by atoms with Crippen molar-refractivity contribution in [3.8, 4) is 0 Å². The molecule has 0 aliphatic carbocycles. The van der Waals surface area contributed by atoms with Gasteiger partial charge in [-0.2, -0.15) is 0 Å². The molecular weight excluding hydrogens is 139 g/mol. The van der Waals surface area contributed by atoms with Crippen molar-refractivity contribution in [3.05, 3.63) is 42.1 Å². The first kappa shape index (κ1) is 8.25. The molecular formula is C10H12F. The van der Waals surface area contributed by atoms with Crippen molar-refractivity contribution in [1.29, 1.82) is 0 Å². The van der Waals surface area contributed by atoms with Crippen LogP contribution < -0.4 is 0 Å². The molecule has 0 saturated heterocycles. The van der Waals surface area contributed by atoms with E-state index in [1.165, 1.54) is 0 Å². The van der Waals surface area contributed by atoms with Crippen LogP contribution in [0.5, 0.6) is 0 Å². The molecule has 1 aromatic rings. The summed E-state index contributed by atoms with van der Waals surface area (Å²) >= 11 is 0. The quantitative estimate of drug-likeness (QED) is 0.609. The van der Waals surface area contributed by atoms with Gasteiger partial charge in [0, 0.05) is 0 Å². The summed E-state index contributed by atoms with van der Waals surface area (Å²) in [5.41, 5.74) is 1.50. The van der Waals surface area contributed by atoms with Gasteiger partial charge in [0.25, 0.3) is 0 Å². The number of aryl methyl sites for hydroxylation is 2. The predicted molar refractivity (Wildman–Crippen MR) is 44.8 cm³/mol. The summed E-state index contributed by atoms with van der Waals surface area (Å²) in [6, 6.07) is 5.47. The van der Waals surface area contributed by atoms with E-state index in [-0.39, 0.29) is 5.82 Å². The van der Waals surface area contributed by atoms with Crippen molar-refractivity contribution >= 4 is 0 Å². The van der Waals surface area contributed by atoms with Crippen molar-refractivity contribution < 1.29 is 4.39 Å². The summed E-state index contributed by atoms with van der Waals surface area (Å²) in [4.78, 5) is 0. The highest BCUT2D eigenvalue weighted by atomic mass is 19.1. The molecule has 0 spiro atoms. The highest BCUT2D eigenvalue weighted by molar-refractivity contribution is 5.24. The van der Waals surface area contributed by atoms with E-state index in [1.54, 1.807) is 13.0 Å². The van der Waals surface area contributed by atoms with Crippen LogP contribution in [0.15, 0.2) is 18.2 Å². The summed E-state index contributed by atoms with van der Waals surface area (Å²) < 4.78 is 13.2. The van der Waals surface area contributed by atoms with Crippen LogP contribution >= 0.6 is 0 Å². The Morgan fingerprint density at radius 1 is 1.45 bits per heavy atom. The molecule has 0 aromatic heterocycles. The molecule has 1 aromatic carbocycles. The minimum atomic E-state index is -0.0730. The van der Waals surface area contributed by atoms with Gasteiger partial charge in [0.2, 0.25) is 0 Å². The largest absolute Gasteiger partial charge is 0.206 e. The molecule has 1 heteroatoms. The zero-order valence-electron chi connectivity index (χ0n) is 6.73. The summed E-state index contributed by atoms with van der Waals surface area (Å²) in [6.45, 7) is 5.46. The third kappa shape index (κ3) is 1.79. The Morgan fingerprint density at radius 3 is 2.82 bits per heavy atom. The molecule has 11 heavy (non-hydrogen) atoms. The minimum Gasteiger partial charge on any atom is -0.206 e. The molecule has 0 saturated carbocycles. The molecule has 0 aliphatic heterocycles. The Kier molecular flexibility index (Phi) is 2.64. The maximum Gasteiger partial charge on any atom is 0.129 e. The first-order valence-corrected chi connectivity index (χ1v) is 3.79. The van der Waals surface area contributed by atoms with Gasteiger partial charge in [-0.05, 0) is 30.9 Å². The molecule has 0 nitrogen and oxygen atoms in total. The Morgan fingerprint density at radius 2 is 2.18 bits per heavy atom. The molecule has 0 amide bonds. The second-order valence-corrected chi connectivity index (χ2v) is 2.65. The maximum atomic E-state index is 13.2. The van der Waals surface area contributed by atoms with E-state index in [0.29, 0.717) is 0 Å². The molecule has 0 N–H and O–H groups in total. The molecule has 0 unspecified atom stereocenters. The monoisotopic (exact) mass is 151 g/mol. The van der Waals surface area contributed by atoms with Gasteiger partial charge in [-0.15, -0.1) is 0 Å². The fourth-order valence-electron chi connectivity index (χ4n) is 1.09. The van der Waals surface area contributed by atoms with E-state index in [9.17, 15) is 4.39 Å². The molecule has 0 bridgehead atoms. The van der Waals surface area contributed by atoms with E-state index >= 15 is 0 Å². The Balaban J connectivity index is 2.96. The second kappa shape index (κ2) is 3.51. The van der Waals surface area contributed by atoms with Gasteiger partial charge in [-0.3, -0.25) is 0 Å². The number of hydrogen-bond donors (Lipinski definition) is 0. The van der Waals surface area contributed by atoms with Crippen LogP contribution in [-0.4, -0.2) is 0 Å². The Bertz CT molecular complexity index is 241. The number of benzene rings is 1. The zero-order valence-corrected chi connectivity index (χ0v) is 6.73. The lowest BCUT2D eigenvalue weighted by molar-refractivity contribution is 0.600. The van der Waals surface area contributed by atoms with E-state index < -0.39 is 0 Å². The lowest BCUT2D eigenvalue weighted by Crippen LogP contribution is -1.91. The van der Waals surface area contributed by atoms with Gasteiger partial charge in [0.1, 0.15) is 5.82 Å². The van der Waals surface area contributed by atoms with E-state index in [1.807, 2.05) is 12.1 Å². The SMILES string of the molecule is [CH2]CCc1cccc(C)c1F. The van der Waals surface area contributed by atoms with Crippen LogP contribution in [0.4, 0.5) is 4.39 Å². The lowest BCUT2D eigenvalue weighted by atomic mass is 10.1. The normalized spacial score (nSPS) is 10.1. The number of halogens is 1. The smallest absolute Gasteiger partial charge is 0.129 e. The van der Waals surface area contributed by atoms with Crippen LogP contribution in [0.1, 0.15) is 17.5 Å². The average molecular weight is 151 g/mol. The molecule has 0 atom stereocenters. The first-order valence-electron chi connectivity index (χ1n) is 3.79. The van der Waals surface area contributed by atoms with Crippen molar-refractivity contribution in [3.63, 3.8) is 0 Å². The molecule has 0 aliphatic rings. The van der Waals surface area contributed by atoms with Crippen LogP contribution in [0.2, 0.25) is 0 Å². The average Bonchev–Trinajstić information content (AvgIpc) is 1.99. The maximum absolute atomic E-state index is 13.2. The van der Waals surface area contributed by atoms with Crippen LogP contribution in [0, 0.1) is 19.7 Å². The third-order valence-corrected chi connectivity index (χ3v) is 1.72. The summed E-state index contributed by atoms with van der Waals surface area (Å²) in [5.74, 6) is -0.0730. The summed E-state index contributed by atoms with van der Waals surface area (Å²) in [5, 5.41) is 0. The molecule has 1 rings (SSSR count). The van der Waals surface area contributed by atoms with Crippen molar-refractivity contribution in [2.24, 2.45) is 0 Å². The fourth-order valence-corrected chi connectivity index (χ4v) is 1.09. The third-order valence-electron chi connectivity index (χ3n) is 1.72. The Hall–Kier alpha value is -0.850. The first-order chi connectivity index (χ1) is 5.25. The lowest BCUT2D eigenvalue weighted by Gasteiger charge is -2.02. The van der Waals surface area contributed by atoms with E-state index in [4.69, 9.17) is 0 Å². The van der Waals surface area contributed by atoms with Gasteiger partial charge in [0.15, 0.2) is 0 Å². The summed E-state index contributed by atoms with van der Waals surface area (Å²) in [7, 11) is 0. The zero-order chi connectivity index (χ0) is 8.27. The molecule has 59 valence electrons. The second-order valence-electron chi connectivity index (χ2n) is 2.65. The van der Waals surface area contributed by atoms with Gasteiger partial charge in [0.05, 0.1) is 0 Å². The van der Waals surface area contributed by atoms with Crippen molar-refractivity contribution in [1.82, 2.24) is 0 Å². The van der Waals surface area contributed by atoms with Crippen molar-refractivity contribution in [2.75, 3.05) is 0 Å². The standard InChI is InChI=1S/C10H12F/c1-3-5-9-7-4-6-8(2)10(9)11/h4,6-7H,1,3,5H2,2H3. The van der Waals surface area contributed by atoms with Gasteiger partial charge < -0.3 is 0 Å². The van der Waals surface area contributed by atoms with Gasteiger partial charge in [-0.1, -0.05) is 25.1 Å². The highest BCUT2D eigenvalue weighted by Gasteiger charge is 2.01. The fraction of sp³-hybridized carbons (Fsp3) is 0.300. The highest BCUT2D eigenvalue weighted by Crippen LogP contribution is 2.12. The van der Waals surface area contributed by atoms with E-state index in [2.05, 4.69) is 6.92 Å². The van der Waals surface area contributed by atoms with Crippen LogP contribution in [0.25, 0.3) is 0 Å². The number of rotatable bonds is 2. The predicted octanol–water partition coefficient (Wildman–Crippen LogP) is 2.90. The molecule has 1 radical (unpaired) electrons. The van der Waals surface area contributed by atoms with E-state index in [0.717, 1.165) is 24.0 Å². The van der Waals surface area contributed by atoms with Gasteiger partial charge >= 0.3 is 0 Å². The molecule has 0 heterocycles. The van der Waals surface area contributed by atoms with Crippen molar-refractivity contribution in [2.45, 2.75) is 19.8 Å². The Labute approximate surface area is 67.1 Å². The van der Waals surface area contributed by atoms with Gasteiger partial charge in [-0.25, -0.2) is 4.39 Å². The summed E-state index contributed by atoms with van der Waals surface area (Å²) in [6.07, 6.45) is 1.48. The minimum absolute atomic E-state index is 0.0730. The van der Waals surface area contributed by atoms with Crippen LogP contribution in [-0.2, 0) is 6.42 Å². The number of hydrogen-bond acceptors (Lipinski definition) is 0.